The number of nitrogens with zero attached hydrogens (tertiary/aromatic N) is 3. The standard InChI is InChI=1S/C34H41F2N5O4S2/c1-21(2)31-38-26(17-47-31)32(45)41-19-33(18-34(35,36)20-41)8-11-40(12-9-33)15-23-13-22(16-46-23)7-10-37-14-28(43)24-3-5-27(42)30-25(24)4-6-29(44)39-30/h3-6,13,16-17,21,28,37,42-43H,7-12,14-15,18-20H2,1-2H3,(H,39,44)/t28-/m0/s1. The second-order valence-corrected chi connectivity index (χ2v) is 15.3. The van der Waals surface area contributed by atoms with Gasteiger partial charge < -0.3 is 25.4 Å². The van der Waals surface area contributed by atoms with Crippen molar-refractivity contribution >= 4 is 39.5 Å². The molecule has 252 valence electrons. The number of hydrogen-bond donors (Lipinski definition) is 4. The molecule has 0 radical (unpaired) electrons. The van der Waals surface area contributed by atoms with Gasteiger partial charge in [0.25, 0.3) is 11.8 Å². The van der Waals surface area contributed by atoms with Crippen molar-refractivity contribution in [2.45, 2.75) is 64.0 Å². The minimum absolute atomic E-state index is 0.0414. The molecule has 3 aromatic heterocycles. The number of fused-ring (bicyclic) bond motifs is 1. The molecule has 4 aromatic rings. The summed E-state index contributed by atoms with van der Waals surface area (Å²) in [7, 11) is 0. The molecule has 47 heavy (non-hydrogen) atoms. The number of thiophene rings is 1. The van der Waals surface area contributed by atoms with E-state index in [9.17, 15) is 19.8 Å². The smallest absolute Gasteiger partial charge is 0.273 e. The number of benzene rings is 1. The number of pyridine rings is 1. The van der Waals surface area contributed by atoms with Crippen LogP contribution < -0.4 is 10.9 Å². The molecule has 0 bridgehead atoms. The Morgan fingerprint density at radius 1 is 1.13 bits per heavy atom. The minimum Gasteiger partial charge on any atom is -0.506 e. The number of aromatic nitrogens is 2. The minimum atomic E-state index is -2.92. The zero-order chi connectivity index (χ0) is 33.3. The molecule has 2 aliphatic rings. The molecule has 9 nitrogen and oxygen atoms in total. The maximum absolute atomic E-state index is 15.0. The summed E-state index contributed by atoms with van der Waals surface area (Å²) in [6.45, 7) is 6.96. The van der Waals surface area contributed by atoms with Gasteiger partial charge in [-0.3, -0.25) is 14.5 Å². The van der Waals surface area contributed by atoms with Gasteiger partial charge >= 0.3 is 0 Å². The second kappa shape index (κ2) is 13.7. The molecule has 5 heterocycles. The first-order valence-corrected chi connectivity index (χ1v) is 17.8. The number of aromatic amines is 1. The number of alkyl halides is 2. The fourth-order valence-electron chi connectivity index (χ4n) is 6.87. The molecular formula is C34H41F2N5O4S2. The molecule has 0 saturated carbocycles. The van der Waals surface area contributed by atoms with Crippen molar-refractivity contribution in [1.82, 2.24) is 25.1 Å². The first-order chi connectivity index (χ1) is 22.4. The van der Waals surface area contributed by atoms with Crippen LogP contribution in [0.2, 0.25) is 0 Å². The molecule has 4 N–H and O–H groups in total. The van der Waals surface area contributed by atoms with Crippen LogP contribution in [-0.4, -0.2) is 81.1 Å². The maximum atomic E-state index is 15.0. The summed E-state index contributed by atoms with van der Waals surface area (Å²) in [6.07, 6.45) is 1.03. The number of nitrogens with one attached hydrogen (secondary N) is 2. The van der Waals surface area contributed by atoms with Crippen molar-refractivity contribution in [2.24, 2.45) is 5.41 Å². The summed E-state index contributed by atoms with van der Waals surface area (Å²) in [5.74, 6) is -3.17. The Balaban J connectivity index is 0.978. The topological polar surface area (TPSA) is 122 Å². The average molecular weight is 686 g/mol. The number of aromatic hydroxyl groups is 1. The Bertz CT molecular complexity index is 1780. The van der Waals surface area contributed by atoms with E-state index in [1.54, 1.807) is 28.8 Å². The van der Waals surface area contributed by atoms with Crippen molar-refractivity contribution in [1.29, 1.82) is 0 Å². The molecule has 2 fully saturated rings. The third kappa shape index (κ3) is 7.75. The molecule has 1 aromatic carbocycles. The van der Waals surface area contributed by atoms with Gasteiger partial charge in [0.1, 0.15) is 11.4 Å². The summed E-state index contributed by atoms with van der Waals surface area (Å²) in [5.41, 5.74) is 1.48. The van der Waals surface area contributed by atoms with Gasteiger partial charge in [0.2, 0.25) is 5.56 Å². The van der Waals surface area contributed by atoms with Gasteiger partial charge in [0.15, 0.2) is 0 Å². The van der Waals surface area contributed by atoms with Crippen LogP contribution >= 0.6 is 22.7 Å². The number of likely N-dealkylation sites (tertiary alicyclic amines) is 2. The van der Waals surface area contributed by atoms with E-state index in [-0.39, 0.29) is 29.3 Å². The summed E-state index contributed by atoms with van der Waals surface area (Å²) in [6, 6.07) is 8.30. The van der Waals surface area contributed by atoms with Crippen LogP contribution in [0, 0.1) is 5.41 Å². The van der Waals surface area contributed by atoms with E-state index < -0.39 is 29.9 Å². The van der Waals surface area contributed by atoms with Crippen LogP contribution in [0.4, 0.5) is 8.78 Å². The molecule has 0 unspecified atom stereocenters. The number of carbonyl (C=O) groups is 1. The van der Waals surface area contributed by atoms with E-state index >= 15 is 8.78 Å². The predicted molar refractivity (Wildman–Crippen MR) is 181 cm³/mol. The van der Waals surface area contributed by atoms with E-state index in [4.69, 9.17) is 0 Å². The van der Waals surface area contributed by atoms with E-state index in [1.165, 1.54) is 38.8 Å². The number of amides is 1. The number of hydrogen-bond acceptors (Lipinski definition) is 9. The fraction of sp³-hybridized carbons (Fsp3) is 0.500. The normalized spacial score (nSPS) is 18.7. The third-order valence-corrected chi connectivity index (χ3v) is 11.4. The van der Waals surface area contributed by atoms with Crippen LogP contribution in [0.1, 0.15) is 76.6 Å². The number of aliphatic hydroxyl groups excluding tert-OH is 1. The van der Waals surface area contributed by atoms with E-state index in [0.717, 1.165) is 18.0 Å². The SMILES string of the molecule is CC(C)c1nc(C(=O)N2CC(F)(F)CC3(CCN(Cc4cc(CCNC[C@H](O)c5ccc(O)c6[nH]c(=O)ccc56)cs4)CC3)C2)cs1. The number of phenols is 1. The number of thiazole rings is 1. The quantitative estimate of drug-likeness (QED) is 0.163. The van der Waals surface area contributed by atoms with Gasteiger partial charge in [-0.25, -0.2) is 13.8 Å². The number of phenolic OH excluding ortho intramolecular Hbond substituents is 1. The first kappa shape index (κ1) is 33.7. The lowest BCUT2D eigenvalue weighted by Crippen LogP contribution is -2.57. The van der Waals surface area contributed by atoms with Gasteiger partial charge in [0, 0.05) is 53.7 Å². The second-order valence-electron chi connectivity index (χ2n) is 13.4. The van der Waals surface area contributed by atoms with Gasteiger partial charge in [-0.15, -0.1) is 22.7 Å². The highest BCUT2D eigenvalue weighted by Crippen LogP contribution is 2.46. The monoisotopic (exact) mass is 685 g/mol. The van der Waals surface area contributed by atoms with Crippen molar-refractivity contribution in [3.63, 3.8) is 0 Å². The lowest BCUT2D eigenvalue weighted by molar-refractivity contribution is -0.120. The Kier molecular flexibility index (Phi) is 9.82. The van der Waals surface area contributed by atoms with Gasteiger partial charge in [-0.05, 0) is 79.0 Å². The van der Waals surface area contributed by atoms with Crippen LogP contribution in [0.3, 0.4) is 0 Å². The number of halogens is 2. The Hall–Kier alpha value is -3.23. The summed E-state index contributed by atoms with van der Waals surface area (Å²) >= 11 is 3.10. The molecule has 1 atom stereocenters. The number of rotatable bonds is 10. The number of piperidine rings is 2. The largest absolute Gasteiger partial charge is 0.506 e. The highest BCUT2D eigenvalue weighted by Gasteiger charge is 2.51. The van der Waals surface area contributed by atoms with Crippen molar-refractivity contribution in [2.75, 3.05) is 39.3 Å². The molecule has 0 aliphatic carbocycles. The summed E-state index contributed by atoms with van der Waals surface area (Å²) in [4.78, 5) is 36.8. The van der Waals surface area contributed by atoms with E-state index in [1.807, 2.05) is 13.8 Å². The Labute approximate surface area is 280 Å². The highest BCUT2D eigenvalue weighted by molar-refractivity contribution is 7.10. The Morgan fingerprint density at radius 2 is 1.91 bits per heavy atom. The number of carbonyl (C=O) groups excluding carboxylic acids is 1. The maximum Gasteiger partial charge on any atom is 0.273 e. The molecule has 2 saturated heterocycles. The molecule has 13 heteroatoms. The highest BCUT2D eigenvalue weighted by atomic mass is 32.1. The zero-order valence-electron chi connectivity index (χ0n) is 26.6. The number of H-pyrrole nitrogens is 1. The van der Waals surface area contributed by atoms with Crippen molar-refractivity contribution < 1.29 is 23.8 Å². The van der Waals surface area contributed by atoms with Gasteiger partial charge in [-0.2, -0.15) is 0 Å². The van der Waals surface area contributed by atoms with Gasteiger partial charge in [0.05, 0.1) is 23.2 Å². The van der Waals surface area contributed by atoms with Crippen LogP contribution in [0.25, 0.3) is 10.9 Å². The van der Waals surface area contributed by atoms with Crippen LogP contribution in [0.5, 0.6) is 5.75 Å². The van der Waals surface area contributed by atoms with Gasteiger partial charge in [-0.1, -0.05) is 19.9 Å². The molecule has 1 spiro atoms. The molecule has 2 aliphatic heterocycles. The predicted octanol–water partition coefficient (Wildman–Crippen LogP) is 5.50. The van der Waals surface area contributed by atoms with Crippen LogP contribution in [0.15, 0.2) is 45.9 Å². The lowest BCUT2D eigenvalue weighted by atomic mass is 9.71. The van der Waals surface area contributed by atoms with E-state index in [2.05, 4.69) is 31.6 Å². The van der Waals surface area contributed by atoms with Crippen molar-refractivity contribution in [3.8, 4) is 5.75 Å². The van der Waals surface area contributed by atoms with Crippen LogP contribution in [-0.2, 0) is 13.0 Å². The summed E-state index contributed by atoms with van der Waals surface area (Å²) < 4.78 is 30.0. The third-order valence-electron chi connectivity index (χ3n) is 9.30. The average Bonchev–Trinajstić information content (AvgIpc) is 3.70. The fourth-order valence-corrected chi connectivity index (χ4v) is 8.64. The summed E-state index contributed by atoms with van der Waals surface area (Å²) in [5, 5.41) is 29.5. The molecule has 6 rings (SSSR count). The van der Waals surface area contributed by atoms with E-state index in [0.29, 0.717) is 62.0 Å². The lowest BCUT2D eigenvalue weighted by Gasteiger charge is -2.49. The Morgan fingerprint density at radius 3 is 2.66 bits per heavy atom. The molecular weight excluding hydrogens is 645 g/mol. The first-order valence-electron chi connectivity index (χ1n) is 16.1. The zero-order valence-corrected chi connectivity index (χ0v) is 28.2. The number of aliphatic hydroxyl groups is 1. The molecule has 1 amide bonds. The van der Waals surface area contributed by atoms with Crippen molar-refractivity contribution in [3.05, 3.63) is 78.2 Å².